The second-order valence-electron chi connectivity index (χ2n) is 7.46. The largest absolute Gasteiger partial charge is 0.351 e. The third-order valence-corrected chi connectivity index (χ3v) is 4.97. The number of piperidine rings is 1. The minimum absolute atomic E-state index is 0.0175. The minimum atomic E-state index is -0.0284. The average Bonchev–Trinajstić information content (AvgIpc) is 2.97. The van der Waals surface area contributed by atoms with Gasteiger partial charge in [-0.25, -0.2) is 0 Å². The lowest BCUT2D eigenvalue weighted by Gasteiger charge is -2.43. The predicted octanol–water partition coefficient (Wildman–Crippen LogP) is 3.41. The first kappa shape index (κ1) is 16.1. The molecule has 0 spiro atoms. The van der Waals surface area contributed by atoms with E-state index in [0.717, 1.165) is 29.9 Å². The fourth-order valence-electron chi connectivity index (χ4n) is 3.44. The number of H-pyrrole nitrogens is 1. The molecule has 1 aliphatic heterocycles. The Labute approximate surface area is 138 Å². The van der Waals surface area contributed by atoms with Gasteiger partial charge in [0.1, 0.15) is 5.69 Å². The quantitative estimate of drug-likeness (QED) is 0.909. The summed E-state index contributed by atoms with van der Waals surface area (Å²) in [5.41, 5.74) is 1.62. The highest BCUT2D eigenvalue weighted by Crippen LogP contribution is 2.23. The lowest BCUT2D eigenvalue weighted by Crippen LogP contribution is -2.54. The molecule has 1 aliphatic rings. The van der Waals surface area contributed by atoms with Crippen LogP contribution in [0, 0.1) is 5.92 Å². The molecule has 1 saturated heterocycles. The summed E-state index contributed by atoms with van der Waals surface area (Å²) in [5, 5.41) is 4.17. The molecule has 4 heteroatoms. The van der Waals surface area contributed by atoms with Gasteiger partial charge in [0.05, 0.1) is 0 Å². The first-order valence-electron chi connectivity index (χ1n) is 8.57. The Bertz CT molecular complexity index is 656. The maximum Gasteiger partial charge on any atom is 0.267 e. The molecule has 0 saturated carbocycles. The van der Waals surface area contributed by atoms with Crippen molar-refractivity contribution in [2.45, 2.75) is 39.2 Å². The summed E-state index contributed by atoms with van der Waals surface area (Å²) in [4.78, 5) is 18.1. The van der Waals surface area contributed by atoms with Crippen molar-refractivity contribution in [3.05, 3.63) is 36.0 Å². The van der Waals surface area contributed by atoms with Gasteiger partial charge in [0.15, 0.2) is 0 Å². The Morgan fingerprint density at radius 3 is 2.91 bits per heavy atom. The van der Waals surface area contributed by atoms with Gasteiger partial charge in [-0.2, -0.15) is 0 Å². The number of para-hydroxylation sites is 1. The maximum atomic E-state index is 12.4. The first-order chi connectivity index (χ1) is 11.0. The molecule has 1 aromatic heterocycles. The van der Waals surface area contributed by atoms with Gasteiger partial charge in [-0.05, 0) is 51.3 Å². The molecule has 2 N–H and O–H groups in total. The van der Waals surface area contributed by atoms with Crippen molar-refractivity contribution in [3.63, 3.8) is 0 Å². The van der Waals surface area contributed by atoms with Crippen molar-refractivity contribution < 1.29 is 4.79 Å². The molecule has 2 heterocycles. The lowest BCUT2D eigenvalue weighted by molar-refractivity contribution is 0.0656. The molecule has 1 atom stereocenters. The number of aromatic nitrogens is 1. The summed E-state index contributed by atoms with van der Waals surface area (Å²) in [7, 11) is 0. The van der Waals surface area contributed by atoms with Gasteiger partial charge in [-0.1, -0.05) is 25.1 Å². The smallest absolute Gasteiger partial charge is 0.267 e. The molecule has 0 aliphatic carbocycles. The third kappa shape index (κ3) is 3.58. The number of carbonyl (C=O) groups is 1. The fraction of sp³-hybridized carbons (Fsp3) is 0.526. The van der Waals surface area contributed by atoms with E-state index in [1.807, 2.05) is 30.3 Å². The van der Waals surface area contributed by atoms with E-state index in [9.17, 15) is 4.79 Å². The van der Waals surface area contributed by atoms with Gasteiger partial charge in [-0.3, -0.25) is 9.69 Å². The Balaban J connectivity index is 1.63. The second kappa shape index (κ2) is 6.36. The number of aromatic amines is 1. The molecule has 0 radical (unpaired) electrons. The summed E-state index contributed by atoms with van der Waals surface area (Å²) in [6.45, 7) is 9.65. The molecular formula is C19H27N3O. The van der Waals surface area contributed by atoms with Crippen LogP contribution >= 0.6 is 0 Å². The van der Waals surface area contributed by atoms with Crippen LogP contribution in [-0.2, 0) is 0 Å². The lowest BCUT2D eigenvalue weighted by atomic mass is 9.93. The minimum Gasteiger partial charge on any atom is -0.351 e. The highest BCUT2D eigenvalue weighted by molar-refractivity contribution is 5.98. The molecule has 124 valence electrons. The fourth-order valence-corrected chi connectivity index (χ4v) is 3.44. The molecule has 1 aromatic carbocycles. The van der Waals surface area contributed by atoms with E-state index in [2.05, 4.69) is 36.0 Å². The van der Waals surface area contributed by atoms with E-state index < -0.39 is 0 Å². The van der Waals surface area contributed by atoms with E-state index in [-0.39, 0.29) is 11.4 Å². The second-order valence-corrected chi connectivity index (χ2v) is 7.46. The zero-order valence-corrected chi connectivity index (χ0v) is 14.4. The number of nitrogens with one attached hydrogen (secondary N) is 2. The number of amides is 1. The first-order valence-corrected chi connectivity index (χ1v) is 8.57. The summed E-state index contributed by atoms with van der Waals surface area (Å²) in [6, 6.07) is 9.88. The maximum absolute atomic E-state index is 12.4. The molecule has 1 fully saturated rings. The molecule has 2 aromatic rings. The summed E-state index contributed by atoms with van der Waals surface area (Å²) in [6.07, 6.45) is 2.56. The van der Waals surface area contributed by atoms with E-state index in [1.54, 1.807) is 0 Å². The molecule has 1 amide bonds. The van der Waals surface area contributed by atoms with Crippen LogP contribution in [0.15, 0.2) is 30.3 Å². The van der Waals surface area contributed by atoms with Crippen LogP contribution in [0.25, 0.3) is 10.9 Å². The van der Waals surface area contributed by atoms with Crippen molar-refractivity contribution in [2.75, 3.05) is 19.6 Å². The van der Waals surface area contributed by atoms with Gasteiger partial charge >= 0.3 is 0 Å². The zero-order valence-electron chi connectivity index (χ0n) is 14.4. The monoisotopic (exact) mass is 313 g/mol. The van der Waals surface area contributed by atoms with Crippen LogP contribution in [0.3, 0.4) is 0 Å². The average molecular weight is 313 g/mol. The molecule has 0 bridgehead atoms. The Morgan fingerprint density at radius 2 is 2.17 bits per heavy atom. The summed E-state index contributed by atoms with van der Waals surface area (Å²) < 4.78 is 0. The van der Waals surface area contributed by atoms with Crippen molar-refractivity contribution in [2.24, 2.45) is 5.92 Å². The molecule has 4 nitrogen and oxygen atoms in total. The normalized spacial score (nSPS) is 19.9. The summed E-state index contributed by atoms with van der Waals surface area (Å²) in [5.74, 6) is 0.715. The zero-order chi connectivity index (χ0) is 16.4. The highest BCUT2D eigenvalue weighted by atomic mass is 16.1. The van der Waals surface area contributed by atoms with Crippen LogP contribution in [0.5, 0.6) is 0 Å². The molecule has 0 unspecified atom stereocenters. The Kier molecular flexibility index (Phi) is 4.44. The number of likely N-dealkylation sites (tertiary alicyclic amines) is 1. The topological polar surface area (TPSA) is 48.1 Å². The molecule has 23 heavy (non-hydrogen) atoms. The number of carbonyl (C=O) groups excluding carboxylic acids is 1. The van der Waals surface area contributed by atoms with E-state index in [0.29, 0.717) is 12.2 Å². The number of nitrogens with zero attached hydrogens (tertiary/aromatic N) is 1. The van der Waals surface area contributed by atoms with E-state index in [4.69, 9.17) is 0 Å². The van der Waals surface area contributed by atoms with Gasteiger partial charge in [0, 0.05) is 29.5 Å². The van der Waals surface area contributed by atoms with Crippen molar-refractivity contribution in [3.8, 4) is 0 Å². The van der Waals surface area contributed by atoms with Crippen LogP contribution < -0.4 is 5.32 Å². The van der Waals surface area contributed by atoms with E-state index >= 15 is 0 Å². The van der Waals surface area contributed by atoms with E-state index in [1.165, 1.54) is 12.8 Å². The standard InChI is InChI=1S/C19H27N3O/c1-14-7-6-10-22(12-14)19(2,3)13-20-18(23)17-11-15-8-4-5-9-16(15)21-17/h4-5,8-9,11,14,21H,6-7,10,12-13H2,1-3H3,(H,20,23)/t14-/m1/s1. The third-order valence-electron chi connectivity index (χ3n) is 4.97. The number of rotatable bonds is 4. The van der Waals surface area contributed by atoms with Crippen LogP contribution in [-0.4, -0.2) is 41.0 Å². The highest BCUT2D eigenvalue weighted by Gasteiger charge is 2.30. The van der Waals surface area contributed by atoms with Gasteiger partial charge in [-0.15, -0.1) is 0 Å². The van der Waals surface area contributed by atoms with Crippen LogP contribution in [0.2, 0.25) is 0 Å². The van der Waals surface area contributed by atoms with Crippen molar-refractivity contribution >= 4 is 16.8 Å². The predicted molar refractivity (Wildman–Crippen MR) is 94.7 cm³/mol. The van der Waals surface area contributed by atoms with Gasteiger partial charge in [0.2, 0.25) is 0 Å². The Hall–Kier alpha value is -1.81. The van der Waals surface area contributed by atoms with Gasteiger partial charge in [0.25, 0.3) is 5.91 Å². The summed E-state index contributed by atoms with van der Waals surface area (Å²) >= 11 is 0. The van der Waals surface area contributed by atoms with Crippen LogP contribution in [0.1, 0.15) is 44.1 Å². The number of fused-ring (bicyclic) bond motifs is 1. The Morgan fingerprint density at radius 1 is 1.39 bits per heavy atom. The number of hydrogen-bond acceptors (Lipinski definition) is 2. The van der Waals surface area contributed by atoms with Crippen LogP contribution in [0.4, 0.5) is 0 Å². The van der Waals surface area contributed by atoms with Gasteiger partial charge < -0.3 is 10.3 Å². The number of benzene rings is 1. The van der Waals surface area contributed by atoms with Crippen molar-refractivity contribution in [1.29, 1.82) is 0 Å². The van der Waals surface area contributed by atoms with Crippen molar-refractivity contribution in [1.82, 2.24) is 15.2 Å². The number of hydrogen-bond donors (Lipinski definition) is 2. The molecule has 3 rings (SSSR count). The molecular weight excluding hydrogens is 286 g/mol. The SMILES string of the molecule is C[C@@H]1CCCN(C(C)(C)CNC(=O)c2cc3ccccc3[nH]2)C1.